The third-order valence-electron chi connectivity index (χ3n) is 2.94. The fourth-order valence-corrected chi connectivity index (χ4v) is 1.73. The number of halogens is 1. The van der Waals surface area contributed by atoms with Gasteiger partial charge in [0.15, 0.2) is 0 Å². The molecule has 0 saturated carbocycles. The minimum Gasteiger partial charge on any atom is -0.450 e. The fraction of sp³-hybridized carbons (Fsp3) is 0.467. The zero-order valence-electron chi connectivity index (χ0n) is 12.3. The van der Waals surface area contributed by atoms with E-state index in [1.807, 2.05) is 6.92 Å². The zero-order chi connectivity index (χ0) is 15.7. The first-order chi connectivity index (χ1) is 10.1. The van der Waals surface area contributed by atoms with E-state index < -0.39 is 12.1 Å². The molecule has 2 amide bonds. The molecule has 0 aliphatic heterocycles. The summed E-state index contributed by atoms with van der Waals surface area (Å²) in [6.45, 7) is 2.31. The molecule has 1 atom stereocenters. The van der Waals surface area contributed by atoms with Gasteiger partial charge >= 0.3 is 6.09 Å². The molecule has 0 aliphatic rings. The number of carbonyl (C=O) groups is 2. The van der Waals surface area contributed by atoms with Crippen molar-refractivity contribution in [1.29, 1.82) is 0 Å². The van der Waals surface area contributed by atoms with Crippen molar-refractivity contribution in [3.63, 3.8) is 0 Å². The van der Waals surface area contributed by atoms with Crippen LogP contribution in [0.4, 0.5) is 9.18 Å². The average molecular weight is 296 g/mol. The van der Waals surface area contributed by atoms with Crippen molar-refractivity contribution in [2.45, 2.75) is 32.2 Å². The van der Waals surface area contributed by atoms with E-state index in [9.17, 15) is 14.0 Å². The summed E-state index contributed by atoms with van der Waals surface area (Å²) in [5, 5.41) is 5.01. The van der Waals surface area contributed by atoms with Crippen LogP contribution in [-0.2, 0) is 16.0 Å². The molecule has 0 aliphatic carbocycles. The Hall–Kier alpha value is -2.11. The van der Waals surface area contributed by atoms with Gasteiger partial charge in [0.05, 0.1) is 6.61 Å². The van der Waals surface area contributed by atoms with Crippen LogP contribution < -0.4 is 10.6 Å². The molecule has 1 unspecified atom stereocenters. The largest absolute Gasteiger partial charge is 0.450 e. The van der Waals surface area contributed by atoms with E-state index in [1.54, 1.807) is 12.1 Å². The lowest BCUT2D eigenvalue weighted by Crippen LogP contribution is -2.47. The Kier molecular flexibility index (Phi) is 7.21. The number of rotatable bonds is 7. The number of ether oxygens (including phenoxy) is 1. The van der Waals surface area contributed by atoms with Crippen LogP contribution in [-0.4, -0.2) is 31.7 Å². The van der Waals surface area contributed by atoms with E-state index in [2.05, 4.69) is 10.6 Å². The molecule has 1 aromatic carbocycles. The summed E-state index contributed by atoms with van der Waals surface area (Å²) in [7, 11) is 1.49. The normalized spacial score (nSPS) is 11.6. The van der Waals surface area contributed by atoms with Crippen LogP contribution in [0.15, 0.2) is 24.3 Å². The van der Waals surface area contributed by atoms with E-state index in [0.717, 1.165) is 18.4 Å². The van der Waals surface area contributed by atoms with Gasteiger partial charge in [0, 0.05) is 13.5 Å². The zero-order valence-corrected chi connectivity index (χ0v) is 12.3. The molecule has 0 heterocycles. The predicted molar refractivity (Wildman–Crippen MR) is 77.4 cm³/mol. The maximum absolute atomic E-state index is 12.9. The number of hydrogen-bond acceptors (Lipinski definition) is 3. The molecule has 116 valence electrons. The molecule has 1 rings (SSSR count). The van der Waals surface area contributed by atoms with Gasteiger partial charge in [-0.3, -0.25) is 4.79 Å². The second-order valence-corrected chi connectivity index (χ2v) is 4.63. The van der Waals surface area contributed by atoms with Crippen LogP contribution in [0.5, 0.6) is 0 Å². The quantitative estimate of drug-likeness (QED) is 0.756. The highest BCUT2D eigenvalue weighted by Crippen LogP contribution is 2.06. The lowest BCUT2D eigenvalue weighted by atomic mass is 10.1. The summed E-state index contributed by atoms with van der Waals surface area (Å²) in [4.78, 5) is 23.4. The smallest absolute Gasteiger partial charge is 0.407 e. The van der Waals surface area contributed by atoms with Crippen LogP contribution in [0, 0.1) is 5.82 Å². The van der Waals surface area contributed by atoms with Crippen LogP contribution in [0.25, 0.3) is 0 Å². The summed E-state index contributed by atoms with van der Waals surface area (Å²) in [5.41, 5.74) is 0.749. The first kappa shape index (κ1) is 16.9. The lowest BCUT2D eigenvalue weighted by molar-refractivity contribution is -0.122. The summed E-state index contributed by atoms with van der Waals surface area (Å²) in [6, 6.07) is 5.03. The molecule has 0 bridgehead atoms. The Bertz CT molecular complexity index is 462. The number of nitrogens with one attached hydrogen (secondary N) is 2. The van der Waals surface area contributed by atoms with E-state index in [0.29, 0.717) is 6.61 Å². The van der Waals surface area contributed by atoms with Crippen molar-refractivity contribution in [2.24, 2.45) is 0 Å². The van der Waals surface area contributed by atoms with Gasteiger partial charge in [-0.25, -0.2) is 9.18 Å². The average Bonchev–Trinajstić information content (AvgIpc) is 2.48. The molecule has 2 N–H and O–H groups in total. The topological polar surface area (TPSA) is 67.4 Å². The minimum absolute atomic E-state index is 0.267. The molecule has 0 fully saturated rings. The van der Waals surface area contributed by atoms with Crippen molar-refractivity contribution in [3.05, 3.63) is 35.6 Å². The first-order valence-corrected chi connectivity index (χ1v) is 6.96. The van der Waals surface area contributed by atoms with Gasteiger partial charge in [0.2, 0.25) is 5.91 Å². The maximum Gasteiger partial charge on any atom is 0.407 e. The molecular weight excluding hydrogens is 275 g/mol. The van der Waals surface area contributed by atoms with E-state index in [4.69, 9.17) is 4.74 Å². The summed E-state index contributed by atoms with van der Waals surface area (Å²) in [5.74, 6) is -0.672. The maximum atomic E-state index is 12.9. The van der Waals surface area contributed by atoms with Gasteiger partial charge in [-0.1, -0.05) is 25.5 Å². The number of carbonyl (C=O) groups excluding carboxylic acids is 2. The van der Waals surface area contributed by atoms with E-state index in [-0.39, 0.29) is 18.1 Å². The third kappa shape index (κ3) is 6.25. The van der Waals surface area contributed by atoms with Gasteiger partial charge in [-0.15, -0.1) is 0 Å². The van der Waals surface area contributed by atoms with Crippen molar-refractivity contribution in [3.8, 4) is 0 Å². The molecule has 21 heavy (non-hydrogen) atoms. The molecule has 0 aromatic heterocycles. The Balaban J connectivity index is 2.61. The Morgan fingerprint density at radius 1 is 1.29 bits per heavy atom. The van der Waals surface area contributed by atoms with Crippen LogP contribution in [0.1, 0.15) is 25.3 Å². The monoisotopic (exact) mass is 296 g/mol. The standard InChI is InChI=1S/C15H21FN2O3/c1-3-4-9-21-15(20)18-13(14(19)17-2)10-11-5-7-12(16)8-6-11/h5-8,13H,3-4,9-10H2,1-2H3,(H,17,19)(H,18,20). The second-order valence-electron chi connectivity index (χ2n) is 4.63. The number of unbranched alkanes of at least 4 members (excludes halogenated alkanes) is 1. The van der Waals surface area contributed by atoms with Crippen LogP contribution in [0.3, 0.4) is 0 Å². The number of amides is 2. The fourth-order valence-electron chi connectivity index (χ4n) is 1.73. The summed E-state index contributed by atoms with van der Waals surface area (Å²) in [6.07, 6.45) is 1.33. The van der Waals surface area contributed by atoms with Gasteiger partial charge in [-0.2, -0.15) is 0 Å². The summed E-state index contributed by atoms with van der Waals surface area (Å²) >= 11 is 0. The second kappa shape index (κ2) is 8.94. The highest BCUT2D eigenvalue weighted by molar-refractivity contribution is 5.85. The van der Waals surface area contributed by atoms with Crippen LogP contribution >= 0.6 is 0 Å². The first-order valence-electron chi connectivity index (χ1n) is 6.96. The van der Waals surface area contributed by atoms with Crippen LogP contribution in [0.2, 0.25) is 0 Å². The highest BCUT2D eigenvalue weighted by atomic mass is 19.1. The van der Waals surface area contributed by atoms with Crippen molar-refractivity contribution >= 4 is 12.0 Å². The lowest BCUT2D eigenvalue weighted by Gasteiger charge is -2.17. The SMILES string of the molecule is CCCCOC(=O)NC(Cc1ccc(F)cc1)C(=O)NC. The van der Waals surface area contributed by atoms with E-state index in [1.165, 1.54) is 19.2 Å². The summed E-state index contributed by atoms with van der Waals surface area (Å²) < 4.78 is 17.8. The molecule has 5 nitrogen and oxygen atoms in total. The minimum atomic E-state index is -0.755. The molecule has 1 aromatic rings. The van der Waals surface area contributed by atoms with E-state index >= 15 is 0 Å². The van der Waals surface area contributed by atoms with Gasteiger partial charge in [0.25, 0.3) is 0 Å². The number of hydrogen-bond donors (Lipinski definition) is 2. The van der Waals surface area contributed by atoms with Crippen molar-refractivity contribution in [2.75, 3.05) is 13.7 Å². The molecule has 0 radical (unpaired) electrons. The molecule has 0 saturated heterocycles. The number of benzene rings is 1. The number of alkyl carbamates (subject to hydrolysis) is 1. The Labute approximate surface area is 123 Å². The molecule has 6 heteroatoms. The third-order valence-corrected chi connectivity index (χ3v) is 2.94. The Morgan fingerprint density at radius 2 is 1.95 bits per heavy atom. The predicted octanol–water partition coefficient (Wildman–Crippen LogP) is 2.01. The van der Waals surface area contributed by atoms with Crippen molar-refractivity contribution < 1.29 is 18.7 Å². The van der Waals surface area contributed by atoms with Gasteiger partial charge in [0.1, 0.15) is 11.9 Å². The number of likely N-dealkylation sites (N-methyl/N-ethyl adjacent to an activating group) is 1. The van der Waals surface area contributed by atoms with Crippen molar-refractivity contribution in [1.82, 2.24) is 10.6 Å². The molecular formula is C15H21FN2O3. The van der Waals surface area contributed by atoms with Gasteiger partial charge < -0.3 is 15.4 Å². The highest BCUT2D eigenvalue weighted by Gasteiger charge is 2.20. The van der Waals surface area contributed by atoms with Gasteiger partial charge in [-0.05, 0) is 24.1 Å². The molecule has 0 spiro atoms. The Morgan fingerprint density at radius 3 is 2.52 bits per heavy atom.